The third-order valence-electron chi connectivity index (χ3n) is 4.17. The summed E-state index contributed by atoms with van der Waals surface area (Å²) >= 11 is 1.91. The lowest BCUT2D eigenvalue weighted by Crippen LogP contribution is -2.35. The number of hydrogen-bond donors (Lipinski definition) is 1. The van der Waals surface area contributed by atoms with E-state index in [-0.39, 0.29) is 0 Å². The van der Waals surface area contributed by atoms with Crippen LogP contribution in [-0.4, -0.2) is 35.5 Å². The second-order valence-electron chi connectivity index (χ2n) is 5.87. The van der Waals surface area contributed by atoms with E-state index >= 15 is 0 Å². The number of fused-ring (bicyclic) bond motifs is 1. The summed E-state index contributed by atoms with van der Waals surface area (Å²) in [6, 6.07) is 0.643. The number of aryl methyl sites for hydroxylation is 3. The predicted molar refractivity (Wildman–Crippen MR) is 84.4 cm³/mol. The van der Waals surface area contributed by atoms with Crippen molar-refractivity contribution in [2.75, 3.05) is 13.6 Å². The maximum Gasteiger partial charge on any atom is 0.191 e. The fraction of sp³-hybridized carbons (Fsp3) is 0.733. The summed E-state index contributed by atoms with van der Waals surface area (Å²) in [5.41, 5.74) is 7.35. The van der Waals surface area contributed by atoms with E-state index in [9.17, 15) is 0 Å². The number of nitrogens with zero attached hydrogens (tertiary/aromatic N) is 3. The van der Waals surface area contributed by atoms with Gasteiger partial charge in [-0.2, -0.15) is 0 Å². The molecule has 0 atom stereocenters. The van der Waals surface area contributed by atoms with Crippen LogP contribution in [0.15, 0.2) is 4.99 Å². The normalized spacial score (nSPS) is 18.9. The molecule has 5 heteroatoms. The smallest absolute Gasteiger partial charge is 0.191 e. The van der Waals surface area contributed by atoms with E-state index in [1.54, 1.807) is 0 Å². The quantitative estimate of drug-likeness (QED) is 0.515. The first-order valence-electron chi connectivity index (χ1n) is 7.74. The maximum atomic E-state index is 5.98. The molecule has 1 saturated carbocycles. The maximum absolute atomic E-state index is 5.98. The van der Waals surface area contributed by atoms with Crippen LogP contribution in [-0.2, 0) is 19.3 Å². The number of hydrogen-bond acceptors (Lipinski definition) is 3. The first-order chi connectivity index (χ1) is 9.74. The number of thiazole rings is 1. The molecular formula is C15H24N4S. The minimum absolute atomic E-state index is 0.643. The van der Waals surface area contributed by atoms with E-state index in [2.05, 4.69) is 9.89 Å². The van der Waals surface area contributed by atoms with E-state index in [0.29, 0.717) is 12.0 Å². The number of aromatic nitrogens is 1. The summed E-state index contributed by atoms with van der Waals surface area (Å²) < 4.78 is 0. The van der Waals surface area contributed by atoms with Gasteiger partial charge in [0.2, 0.25) is 0 Å². The van der Waals surface area contributed by atoms with Crippen molar-refractivity contribution in [2.24, 2.45) is 10.7 Å². The molecule has 1 fully saturated rings. The number of guanidine groups is 1. The Morgan fingerprint density at radius 2 is 2.20 bits per heavy atom. The number of rotatable bonds is 5. The molecular weight excluding hydrogens is 268 g/mol. The van der Waals surface area contributed by atoms with Gasteiger partial charge >= 0.3 is 0 Å². The summed E-state index contributed by atoms with van der Waals surface area (Å²) in [6.07, 6.45) is 9.68. The Labute approximate surface area is 125 Å². The average Bonchev–Trinajstić information content (AvgIpc) is 3.22. The lowest BCUT2D eigenvalue weighted by molar-refractivity contribution is 0.487. The van der Waals surface area contributed by atoms with Gasteiger partial charge in [0, 0.05) is 30.9 Å². The second kappa shape index (κ2) is 6.12. The SMILES string of the molecule is CN(C(N)=NCCCc1nc2c(s1)CCCC2)C1CC1. The van der Waals surface area contributed by atoms with Crippen LogP contribution >= 0.6 is 11.3 Å². The summed E-state index contributed by atoms with van der Waals surface area (Å²) in [6.45, 7) is 0.813. The fourth-order valence-corrected chi connectivity index (χ4v) is 3.90. The van der Waals surface area contributed by atoms with E-state index in [0.717, 1.165) is 19.4 Å². The van der Waals surface area contributed by atoms with Crippen molar-refractivity contribution in [1.82, 2.24) is 9.88 Å². The van der Waals surface area contributed by atoms with Gasteiger partial charge in [0.15, 0.2) is 5.96 Å². The Kier molecular flexibility index (Phi) is 4.24. The monoisotopic (exact) mass is 292 g/mol. The Balaban J connectivity index is 1.45. The Bertz CT molecular complexity index is 467. The fourth-order valence-electron chi connectivity index (χ4n) is 2.70. The lowest BCUT2D eigenvalue weighted by atomic mass is 10.0. The molecule has 1 aromatic heterocycles. The third kappa shape index (κ3) is 3.32. The van der Waals surface area contributed by atoms with Gasteiger partial charge in [-0.1, -0.05) is 0 Å². The summed E-state index contributed by atoms with van der Waals surface area (Å²) in [4.78, 5) is 12.9. The molecule has 2 N–H and O–H groups in total. The molecule has 0 spiro atoms. The van der Waals surface area contributed by atoms with Gasteiger partial charge < -0.3 is 10.6 Å². The molecule has 0 bridgehead atoms. The van der Waals surface area contributed by atoms with Crippen molar-refractivity contribution in [3.63, 3.8) is 0 Å². The lowest BCUT2D eigenvalue weighted by Gasteiger charge is -2.16. The van der Waals surface area contributed by atoms with Crippen LogP contribution < -0.4 is 5.73 Å². The molecule has 1 heterocycles. The van der Waals surface area contributed by atoms with Gasteiger partial charge in [-0.25, -0.2) is 4.98 Å². The van der Waals surface area contributed by atoms with Gasteiger partial charge in [0.25, 0.3) is 0 Å². The zero-order valence-electron chi connectivity index (χ0n) is 12.3. The molecule has 0 unspecified atom stereocenters. The summed E-state index contributed by atoms with van der Waals surface area (Å²) in [7, 11) is 2.05. The topological polar surface area (TPSA) is 54.5 Å². The average molecular weight is 292 g/mol. The minimum atomic E-state index is 0.643. The van der Waals surface area contributed by atoms with Crippen molar-refractivity contribution >= 4 is 17.3 Å². The molecule has 0 aromatic carbocycles. The first kappa shape index (κ1) is 13.9. The molecule has 0 radical (unpaired) electrons. The zero-order chi connectivity index (χ0) is 13.9. The van der Waals surface area contributed by atoms with Crippen LogP contribution in [0.1, 0.15) is 47.7 Å². The van der Waals surface area contributed by atoms with E-state index in [1.807, 2.05) is 18.4 Å². The van der Waals surface area contributed by atoms with Crippen LogP contribution in [0.2, 0.25) is 0 Å². The highest BCUT2D eigenvalue weighted by atomic mass is 32.1. The third-order valence-corrected chi connectivity index (χ3v) is 5.39. The Hall–Kier alpha value is -1.10. The molecule has 3 rings (SSSR count). The highest BCUT2D eigenvalue weighted by Crippen LogP contribution is 2.27. The van der Waals surface area contributed by atoms with Gasteiger partial charge in [-0.15, -0.1) is 11.3 Å². The molecule has 110 valence electrons. The molecule has 4 nitrogen and oxygen atoms in total. The molecule has 0 saturated heterocycles. The van der Waals surface area contributed by atoms with Crippen LogP contribution in [0.25, 0.3) is 0 Å². The number of nitrogens with two attached hydrogens (primary N) is 1. The second-order valence-corrected chi connectivity index (χ2v) is 7.04. The molecule has 2 aliphatic carbocycles. The summed E-state index contributed by atoms with van der Waals surface area (Å²) in [5.74, 6) is 0.700. The van der Waals surface area contributed by atoms with Gasteiger partial charge in [0.1, 0.15) is 0 Å². The highest BCUT2D eigenvalue weighted by Gasteiger charge is 2.27. The molecule has 0 amide bonds. The molecule has 2 aliphatic rings. The van der Waals surface area contributed by atoms with Crippen molar-refractivity contribution in [2.45, 2.75) is 57.4 Å². The summed E-state index contributed by atoms with van der Waals surface area (Å²) in [5, 5.41) is 1.29. The minimum Gasteiger partial charge on any atom is -0.370 e. The van der Waals surface area contributed by atoms with E-state index in [1.165, 1.54) is 54.1 Å². The Morgan fingerprint density at radius 1 is 1.40 bits per heavy atom. The van der Waals surface area contributed by atoms with Crippen molar-refractivity contribution < 1.29 is 0 Å². The number of aliphatic imine (C=N–C) groups is 1. The van der Waals surface area contributed by atoms with Crippen LogP contribution in [0.3, 0.4) is 0 Å². The standard InChI is InChI=1S/C15H24N4S/c1-19(11-8-9-11)15(16)17-10-4-7-14-18-12-5-2-3-6-13(12)20-14/h11H,2-10H2,1H3,(H2,16,17). The Morgan fingerprint density at radius 3 is 2.95 bits per heavy atom. The molecule has 20 heavy (non-hydrogen) atoms. The molecule has 0 aliphatic heterocycles. The van der Waals surface area contributed by atoms with Crippen molar-refractivity contribution in [3.8, 4) is 0 Å². The van der Waals surface area contributed by atoms with Gasteiger partial charge in [-0.05, 0) is 44.9 Å². The van der Waals surface area contributed by atoms with Crippen molar-refractivity contribution in [3.05, 3.63) is 15.6 Å². The van der Waals surface area contributed by atoms with E-state index < -0.39 is 0 Å². The van der Waals surface area contributed by atoms with Crippen LogP contribution in [0.4, 0.5) is 0 Å². The van der Waals surface area contributed by atoms with Crippen molar-refractivity contribution in [1.29, 1.82) is 0 Å². The predicted octanol–water partition coefficient (Wildman–Crippen LogP) is 2.36. The van der Waals surface area contributed by atoms with Crippen LogP contribution in [0.5, 0.6) is 0 Å². The van der Waals surface area contributed by atoms with E-state index in [4.69, 9.17) is 10.7 Å². The zero-order valence-corrected chi connectivity index (χ0v) is 13.1. The van der Waals surface area contributed by atoms with Gasteiger partial charge in [0.05, 0.1) is 10.7 Å². The first-order valence-corrected chi connectivity index (χ1v) is 8.56. The largest absolute Gasteiger partial charge is 0.370 e. The highest BCUT2D eigenvalue weighted by molar-refractivity contribution is 7.11. The van der Waals surface area contributed by atoms with Gasteiger partial charge in [-0.3, -0.25) is 4.99 Å². The molecule has 1 aromatic rings. The van der Waals surface area contributed by atoms with Crippen LogP contribution in [0, 0.1) is 0 Å².